The van der Waals surface area contributed by atoms with Gasteiger partial charge in [-0.2, -0.15) is 0 Å². The van der Waals surface area contributed by atoms with Gasteiger partial charge in [-0.05, 0) is 49.2 Å². The summed E-state index contributed by atoms with van der Waals surface area (Å²) in [4.78, 5) is 17.9. The number of nitrogens with one attached hydrogen (secondary N) is 1. The third-order valence-electron chi connectivity index (χ3n) is 3.40. The van der Waals surface area contributed by atoms with E-state index in [0.717, 1.165) is 14.4 Å². The van der Waals surface area contributed by atoms with Crippen LogP contribution in [0, 0.1) is 5.92 Å². The van der Waals surface area contributed by atoms with Crippen LogP contribution in [-0.2, 0) is 0 Å². The molecule has 0 fully saturated rings. The summed E-state index contributed by atoms with van der Waals surface area (Å²) >= 11 is 4.91. The minimum atomic E-state index is -0.0751. The van der Waals surface area contributed by atoms with Gasteiger partial charge >= 0.3 is 0 Å². The molecule has 2 aromatic rings. The van der Waals surface area contributed by atoms with Crippen LogP contribution >= 0.6 is 27.7 Å². The third kappa shape index (κ3) is 4.58. The molecule has 1 heterocycles. The first-order valence-corrected chi connectivity index (χ1v) is 8.77. The molecule has 1 atom stereocenters. The molecule has 0 aliphatic rings. The predicted molar refractivity (Wildman–Crippen MR) is 94.3 cm³/mol. The van der Waals surface area contributed by atoms with E-state index in [2.05, 4.69) is 40.1 Å². The zero-order valence-electron chi connectivity index (χ0n) is 12.8. The highest BCUT2D eigenvalue weighted by Crippen LogP contribution is 2.29. The first kappa shape index (κ1) is 17.0. The van der Waals surface area contributed by atoms with Gasteiger partial charge in [0.25, 0.3) is 5.91 Å². The summed E-state index contributed by atoms with van der Waals surface area (Å²) < 4.78 is 1.03. The zero-order chi connectivity index (χ0) is 16.1. The number of rotatable bonds is 5. The van der Waals surface area contributed by atoms with Gasteiger partial charge in [-0.1, -0.05) is 41.5 Å². The smallest absolute Gasteiger partial charge is 0.254 e. The first-order valence-electron chi connectivity index (χ1n) is 7.16. The SMILES string of the molecule is CC(C)C(C)NC(=O)c1cccnc1Sc1ccc(Br)cc1. The maximum atomic E-state index is 12.5. The molecule has 1 aromatic heterocycles. The largest absolute Gasteiger partial charge is 0.349 e. The topological polar surface area (TPSA) is 42.0 Å². The molecule has 1 amide bonds. The lowest BCUT2D eigenvalue weighted by Crippen LogP contribution is -2.36. The molecule has 5 heteroatoms. The van der Waals surface area contributed by atoms with Crippen molar-refractivity contribution in [1.82, 2.24) is 10.3 Å². The molecule has 0 spiro atoms. The van der Waals surface area contributed by atoms with Crippen molar-refractivity contribution in [3.05, 3.63) is 52.6 Å². The molecular weight excluding hydrogens is 360 g/mol. The highest BCUT2D eigenvalue weighted by molar-refractivity contribution is 9.10. The van der Waals surface area contributed by atoms with Crippen molar-refractivity contribution in [2.45, 2.75) is 36.7 Å². The summed E-state index contributed by atoms with van der Waals surface area (Å²) in [6.07, 6.45) is 1.71. The van der Waals surface area contributed by atoms with E-state index in [0.29, 0.717) is 11.5 Å². The lowest BCUT2D eigenvalue weighted by atomic mass is 10.1. The number of carbonyl (C=O) groups excluding carboxylic acids is 1. The Hall–Kier alpha value is -1.33. The van der Waals surface area contributed by atoms with E-state index in [1.54, 1.807) is 12.3 Å². The number of benzene rings is 1. The second-order valence-electron chi connectivity index (χ2n) is 5.42. The fraction of sp³-hybridized carbons (Fsp3) is 0.294. The molecule has 0 aliphatic heterocycles. The van der Waals surface area contributed by atoms with Crippen molar-refractivity contribution >= 4 is 33.6 Å². The van der Waals surface area contributed by atoms with Gasteiger partial charge in [-0.15, -0.1) is 0 Å². The molecule has 1 aromatic carbocycles. The van der Waals surface area contributed by atoms with E-state index < -0.39 is 0 Å². The van der Waals surface area contributed by atoms with E-state index in [1.807, 2.05) is 37.3 Å². The standard InChI is InChI=1S/C17H19BrN2OS/c1-11(2)12(3)20-16(21)15-5-4-10-19-17(15)22-14-8-6-13(18)7-9-14/h4-12H,1-3H3,(H,20,21). The molecule has 3 nitrogen and oxygen atoms in total. The molecule has 116 valence electrons. The molecule has 0 radical (unpaired) electrons. The van der Waals surface area contributed by atoms with Crippen molar-refractivity contribution in [3.8, 4) is 0 Å². The van der Waals surface area contributed by atoms with Crippen LogP contribution in [0.2, 0.25) is 0 Å². The summed E-state index contributed by atoms with van der Waals surface area (Å²) in [5.41, 5.74) is 0.614. The first-order chi connectivity index (χ1) is 10.5. The van der Waals surface area contributed by atoms with Gasteiger partial charge in [0.2, 0.25) is 0 Å². The Balaban J connectivity index is 2.19. The van der Waals surface area contributed by atoms with Crippen molar-refractivity contribution < 1.29 is 4.79 Å². The fourth-order valence-electron chi connectivity index (χ4n) is 1.71. The molecule has 0 bridgehead atoms. The molecule has 0 saturated carbocycles. The van der Waals surface area contributed by atoms with Crippen molar-refractivity contribution in [1.29, 1.82) is 0 Å². The molecular formula is C17H19BrN2OS. The maximum absolute atomic E-state index is 12.5. The number of pyridine rings is 1. The van der Waals surface area contributed by atoms with Gasteiger partial charge < -0.3 is 5.32 Å². The van der Waals surface area contributed by atoms with E-state index in [1.165, 1.54) is 11.8 Å². The van der Waals surface area contributed by atoms with E-state index in [9.17, 15) is 4.79 Å². The quantitative estimate of drug-likeness (QED) is 0.814. The molecule has 2 rings (SSSR count). The minimum Gasteiger partial charge on any atom is -0.349 e. The number of carbonyl (C=O) groups is 1. The van der Waals surface area contributed by atoms with Crippen LogP contribution in [-0.4, -0.2) is 16.9 Å². The third-order valence-corrected chi connectivity index (χ3v) is 4.96. The number of hydrogen-bond acceptors (Lipinski definition) is 3. The summed E-state index contributed by atoms with van der Waals surface area (Å²) in [6.45, 7) is 6.19. The number of hydrogen-bond donors (Lipinski definition) is 1. The second kappa shape index (κ2) is 7.79. The van der Waals surface area contributed by atoms with Gasteiger partial charge in [0, 0.05) is 21.6 Å². The Kier molecular flexibility index (Phi) is 6.03. The van der Waals surface area contributed by atoms with Gasteiger partial charge in [0.05, 0.1) is 5.56 Å². The normalized spacial score (nSPS) is 12.2. The Morgan fingerprint density at radius 1 is 1.18 bits per heavy atom. The number of amides is 1. The van der Waals surface area contributed by atoms with E-state index in [4.69, 9.17) is 0 Å². The van der Waals surface area contributed by atoms with Crippen LogP contribution in [0.1, 0.15) is 31.1 Å². The van der Waals surface area contributed by atoms with E-state index in [-0.39, 0.29) is 11.9 Å². The number of aromatic nitrogens is 1. The Labute approximate surface area is 144 Å². The van der Waals surface area contributed by atoms with Crippen LogP contribution in [0.25, 0.3) is 0 Å². The van der Waals surface area contributed by atoms with Gasteiger partial charge in [0.15, 0.2) is 0 Å². The Morgan fingerprint density at radius 2 is 1.86 bits per heavy atom. The van der Waals surface area contributed by atoms with Gasteiger partial charge in [-0.25, -0.2) is 4.98 Å². The number of nitrogens with zero attached hydrogens (tertiary/aromatic N) is 1. The monoisotopic (exact) mass is 378 g/mol. The summed E-state index contributed by atoms with van der Waals surface area (Å²) in [5.74, 6) is 0.317. The summed E-state index contributed by atoms with van der Waals surface area (Å²) in [5, 5.41) is 3.75. The fourth-order valence-corrected chi connectivity index (χ4v) is 2.85. The molecule has 0 saturated heterocycles. The molecule has 22 heavy (non-hydrogen) atoms. The lowest BCUT2D eigenvalue weighted by molar-refractivity contribution is 0.0927. The highest BCUT2D eigenvalue weighted by Gasteiger charge is 2.16. The maximum Gasteiger partial charge on any atom is 0.254 e. The van der Waals surface area contributed by atoms with Crippen molar-refractivity contribution in [2.24, 2.45) is 5.92 Å². The molecule has 0 aliphatic carbocycles. The predicted octanol–water partition coefficient (Wildman–Crippen LogP) is 4.77. The average Bonchev–Trinajstić information content (AvgIpc) is 2.50. The van der Waals surface area contributed by atoms with Gasteiger partial charge in [-0.3, -0.25) is 4.79 Å². The summed E-state index contributed by atoms with van der Waals surface area (Å²) in [6, 6.07) is 11.7. The number of halogens is 1. The minimum absolute atomic E-state index is 0.0751. The van der Waals surface area contributed by atoms with Crippen LogP contribution in [0.4, 0.5) is 0 Å². The second-order valence-corrected chi connectivity index (χ2v) is 7.40. The lowest BCUT2D eigenvalue weighted by Gasteiger charge is -2.18. The Bertz CT molecular complexity index is 643. The van der Waals surface area contributed by atoms with Crippen molar-refractivity contribution in [3.63, 3.8) is 0 Å². The molecule has 1 N–H and O–H groups in total. The zero-order valence-corrected chi connectivity index (χ0v) is 15.2. The Morgan fingerprint density at radius 3 is 2.50 bits per heavy atom. The van der Waals surface area contributed by atoms with Crippen LogP contribution in [0.15, 0.2) is 57.0 Å². The van der Waals surface area contributed by atoms with Crippen molar-refractivity contribution in [2.75, 3.05) is 0 Å². The van der Waals surface area contributed by atoms with Crippen LogP contribution in [0.3, 0.4) is 0 Å². The average molecular weight is 379 g/mol. The van der Waals surface area contributed by atoms with Crippen LogP contribution < -0.4 is 5.32 Å². The van der Waals surface area contributed by atoms with Gasteiger partial charge in [0.1, 0.15) is 5.03 Å². The summed E-state index contributed by atoms with van der Waals surface area (Å²) in [7, 11) is 0. The molecule has 1 unspecified atom stereocenters. The van der Waals surface area contributed by atoms with Crippen LogP contribution in [0.5, 0.6) is 0 Å². The van der Waals surface area contributed by atoms with E-state index >= 15 is 0 Å². The highest BCUT2D eigenvalue weighted by atomic mass is 79.9.